The number of benzene rings is 1. The van der Waals surface area contributed by atoms with Crippen molar-refractivity contribution in [1.29, 1.82) is 0 Å². The first-order chi connectivity index (χ1) is 15.3. The molecule has 32 heavy (non-hydrogen) atoms. The van der Waals surface area contributed by atoms with Gasteiger partial charge in [-0.1, -0.05) is 11.6 Å². The van der Waals surface area contributed by atoms with E-state index >= 15 is 0 Å². The highest BCUT2D eigenvalue weighted by molar-refractivity contribution is 7.14. The molecule has 4 aromatic rings. The monoisotopic (exact) mass is 485 g/mol. The number of nitrogens with zero attached hydrogens (tertiary/aromatic N) is 3. The van der Waals surface area contributed by atoms with Crippen molar-refractivity contribution in [2.45, 2.75) is 26.8 Å². The van der Waals surface area contributed by atoms with Gasteiger partial charge in [-0.3, -0.25) is 14.3 Å². The first-order valence-corrected chi connectivity index (χ1v) is 11.9. The molecule has 0 saturated carbocycles. The van der Waals surface area contributed by atoms with E-state index in [0.717, 1.165) is 22.0 Å². The summed E-state index contributed by atoms with van der Waals surface area (Å²) in [5, 5.41) is 16.8. The van der Waals surface area contributed by atoms with E-state index in [2.05, 4.69) is 20.7 Å². The Labute approximate surface area is 198 Å². The van der Waals surface area contributed by atoms with Crippen LogP contribution >= 0.6 is 34.3 Å². The third-order valence-electron chi connectivity index (χ3n) is 4.78. The Balaban J connectivity index is 1.42. The summed E-state index contributed by atoms with van der Waals surface area (Å²) in [6.07, 6.45) is 0. The van der Waals surface area contributed by atoms with E-state index in [0.29, 0.717) is 22.1 Å². The molecule has 0 bridgehead atoms. The minimum atomic E-state index is -0.499. The summed E-state index contributed by atoms with van der Waals surface area (Å²) in [7, 11) is 0. The van der Waals surface area contributed by atoms with Gasteiger partial charge in [0, 0.05) is 27.7 Å². The van der Waals surface area contributed by atoms with E-state index in [4.69, 9.17) is 11.6 Å². The van der Waals surface area contributed by atoms with Gasteiger partial charge < -0.3 is 10.6 Å². The number of carbonyl (C=O) groups excluding carboxylic acids is 2. The SMILES string of the molecule is Cc1cc(C)n(C(C)C(=O)Nc2ccc(NC(=O)c3csc(-c4ccsc4)n3)cc2Cl)n1. The molecule has 0 aliphatic heterocycles. The zero-order chi connectivity index (χ0) is 22.8. The summed E-state index contributed by atoms with van der Waals surface area (Å²) < 4.78 is 1.67. The summed E-state index contributed by atoms with van der Waals surface area (Å²) >= 11 is 9.36. The van der Waals surface area contributed by atoms with Crippen molar-refractivity contribution in [3.05, 3.63) is 68.6 Å². The van der Waals surface area contributed by atoms with E-state index in [-0.39, 0.29) is 11.8 Å². The van der Waals surface area contributed by atoms with Crippen LogP contribution in [0.1, 0.15) is 34.8 Å². The molecular formula is C22H20ClN5O2S2. The minimum absolute atomic E-state index is 0.238. The molecule has 2 N–H and O–H groups in total. The lowest BCUT2D eigenvalue weighted by Gasteiger charge is -2.15. The quantitative estimate of drug-likeness (QED) is 0.361. The fourth-order valence-corrected chi connectivity index (χ4v) is 4.91. The van der Waals surface area contributed by atoms with Gasteiger partial charge in [-0.05, 0) is 56.5 Å². The van der Waals surface area contributed by atoms with Crippen molar-refractivity contribution in [2.75, 3.05) is 10.6 Å². The third kappa shape index (κ3) is 4.74. The van der Waals surface area contributed by atoms with Crippen LogP contribution in [0.15, 0.2) is 46.5 Å². The number of aromatic nitrogens is 3. The number of thiophene rings is 1. The number of rotatable bonds is 6. The molecule has 3 aromatic heterocycles. The summed E-state index contributed by atoms with van der Waals surface area (Å²) in [5.74, 6) is -0.563. The lowest BCUT2D eigenvalue weighted by Crippen LogP contribution is -2.25. The van der Waals surface area contributed by atoms with Gasteiger partial charge in [-0.2, -0.15) is 16.4 Å². The molecule has 3 heterocycles. The summed E-state index contributed by atoms with van der Waals surface area (Å²) in [4.78, 5) is 29.6. The Morgan fingerprint density at radius 2 is 1.94 bits per heavy atom. The normalized spacial score (nSPS) is 11.9. The molecule has 4 rings (SSSR count). The molecule has 1 unspecified atom stereocenters. The first-order valence-electron chi connectivity index (χ1n) is 9.74. The van der Waals surface area contributed by atoms with Crippen LogP contribution in [-0.2, 0) is 4.79 Å². The van der Waals surface area contributed by atoms with Gasteiger partial charge >= 0.3 is 0 Å². The maximum absolute atomic E-state index is 12.7. The molecule has 2 amide bonds. The first kappa shape index (κ1) is 22.2. The van der Waals surface area contributed by atoms with Crippen LogP contribution in [0.3, 0.4) is 0 Å². The number of carbonyl (C=O) groups is 2. The summed E-state index contributed by atoms with van der Waals surface area (Å²) in [6.45, 7) is 5.56. The Bertz CT molecular complexity index is 1280. The van der Waals surface area contributed by atoms with Gasteiger partial charge in [0.1, 0.15) is 16.7 Å². The molecule has 164 valence electrons. The molecule has 7 nitrogen and oxygen atoms in total. The number of thiazole rings is 1. The predicted octanol–water partition coefficient (Wildman–Crippen LogP) is 5.79. The molecular weight excluding hydrogens is 466 g/mol. The molecule has 0 fully saturated rings. The average Bonchev–Trinajstić information content (AvgIpc) is 3.50. The fourth-order valence-electron chi connectivity index (χ4n) is 3.17. The van der Waals surface area contributed by atoms with Gasteiger partial charge in [-0.15, -0.1) is 11.3 Å². The minimum Gasteiger partial charge on any atom is -0.323 e. The number of anilines is 2. The van der Waals surface area contributed by atoms with Crippen molar-refractivity contribution in [3.8, 4) is 10.6 Å². The maximum atomic E-state index is 12.7. The highest BCUT2D eigenvalue weighted by Gasteiger charge is 2.19. The van der Waals surface area contributed by atoms with Crippen LogP contribution in [0.25, 0.3) is 10.6 Å². The second-order valence-electron chi connectivity index (χ2n) is 7.24. The van der Waals surface area contributed by atoms with E-state index in [1.807, 2.05) is 36.7 Å². The number of amides is 2. The van der Waals surface area contributed by atoms with Crippen LogP contribution in [0, 0.1) is 13.8 Å². The van der Waals surface area contributed by atoms with Crippen LogP contribution in [0.5, 0.6) is 0 Å². The summed E-state index contributed by atoms with van der Waals surface area (Å²) in [6, 6.07) is 8.31. The Hall–Kier alpha value is -3.01. The topological polar surface area (TPSA) is 88.9 Å². The second-order valence-corrected chi connectivity index (χ2v) is 9.28. The number of halogens is 1. The smallest absolute Gasteiger partial charge is 0.275 e. The van der Waals surface area contributed by atoms with Crippen LogP contribution < -0.4 is 10.6 Å². The molecule has 10 heteroatoms. The van der Waals surface area contributed by atoms with Gasteiger partial charge in [0.05, 0.1) is 16.4 Å². The maximum Gasteiger partial charge on any atom is 0.275 e. The van der Waals surface area contributed by atoms with Crippen LogP contribution in [0.2, 0.25) is 5.02 Å². The lowest BCUT2D eigenvalue weighted by molar-refractivity contribution is -0.119. The third-order valence-corrected chi connectivity index (χ3v) is 6.67. The fraction of sp³-hybridized carbons (Fsp3) is 0.182. The van der Waals surface area contributed by atoms with Gasteiger partial charge in [0.2, 0.25) is 5.91 Å². The van der Waals surface area contributed by atoms with Crippen molar-refractivity contribution >= 4 is 57.5 Å². The van der Waals surface area contributed by atoms with E-state index in [1.54, 1.807) is 46.5 Å². The van der Waals surface area contributed by atoms with E-state index in [1.165, 1.54) is 11.3 Å². The van der Waals surface area contributed by atoms with Gasteiger partial charge in [0.25, 0.3) is 5.91 Å². The van der Waals surface area contributed by atoms with E-state index < -0.39 is 6.04 Å². The second kappa shape index (κ2) is 9.23. The molecule has 0 radical (unpaired) electrons. The van der Waals surface area contributed by atoms with Crippen molar-refractivity contribution in [2.24, 2.45) is 0 Å². The molecule has 1 atom stereocenters. The Kier molecular flexibility index (Phi) is 6.40. The zero-order valence-corrected chi connectivity index (χ0v) is 19.9. The van der Waals surface area contributed by atoms with Crippen LogP contribution in [0.4, 0.5) is 11.4 Å². The van der Waals surface area contributed by atoms with Gasteiger partial charge in [0.15, 0.2) is 0 Å². The Morgan fingerprint density at radius 3 is 2.59 bits per heavy atom. The van der Waals surface area contributed by atoms with Crippen LogP contribution in [-0.4, -0.2) is 26.6 Å². The van der Waals surface area contributed by atoms with Gasteiger partial charge in [-0.25, -0.2) is 4.98 Å². The average molecular weight is 486 g/mol. The number of hydrogen-bond donors (Lipinski definition) is 2. The van der Waals surface area contributed by atoms with E-state index in [9.17, 15) is 9.59 Å². The standard InChI is InChI=1S/C22H20ClN5O2S2/c1-12-8-13(2)28(27-12)14(3)20(29)25-18-5-4-16(9-17(18)23)24-21(30)19-11-32-22(26-19)15-6-7-31-10-15/h4-11,14H,1-3H3,(H,24,30)(H,25,29). The largest absolute Gasteiger partial charge is 0.323 e. The number of hydrogen-bond acceptors (Lipinski definition) is 6. The molecule has 0 saturated heterocycles. The molecule has 0 spiro atoms. The van der Waals surface area contributed by atoms with Crippen molar-refractivity contribution < 1.29 is 9.59 Å². The number of aryl methyl sites for hydroxylation is 2. The predicted molar refractivity (Wildman–Crippen MR) is 130 cm³/mol. The highest BCUT2D eigenvalue weighted by Crippen LogP contribution is 2.28. The molecule has 0 aliphatic carbocycles. The van der Waals surface area contributed by atoms with Crippen molar-refractivity contribution in [3.63, 3.8) is 0 Å². The Morgan fingerprint density at radius 1 is 1.12 bits per heavy atom. The molecule has 0 aliphatic rings. The zero-order valence-electron chi connectivity index (χ0n) is 17.5. The highest BCUT2D eigenvalue weighted by atomic mass is 35.5. The lowest BCUT2D eigenvalue weighted by atomic mass is 10.2. The number of nitrogens with one attached hydrogen (secondary N) is 2. The van der Waals surface area contributed by atoms with Crippen molar-refractivity contribution in [1.82, 2.24) is 14.8 Å². The molecule has 1 aromatic carbocycles. The summed E-state index contributed by atoms with van der Waals surface area (Å²) in [5.41, 5.74) is 4.05.